The van der Waals surface area contributed by atoms with E-state index in [1.807, 2.05) is 18.7 Å². The van der Waals surface area contributed by atoms with Crippen LogP contribution in [0.5, 0.6) is 0 Å². The van der Waals surface area contributed by atoms with Crippen molar-refractivity contribution in [3.63, 3.8) is 0 Å². The molecule has 0 amide bonds. The van der Waals surface area contributed by atoms with E-state index in [0.717, 1.165) is 18.3 Å². The topological polar surface area (TPSA) is 32.3 Å². The fraction of sp³-hybridized carbons (Fsp3) is 1.00. The Balaban J connectivity index is 1.82. The quantitative estimate of drug-likeness (QED) is 0.617. The van der Waals surface area contributed by atoms with Crippen LogP contribution in [0.3, 0.4) is 0 Å². The van der Waals surface area contributed by atoms with Crippen LogP contribution in [0.15, 0.2) is 0 Å². The van der Waals surface area contributed by atoms with E-state index in [4.69, 9.17) is 0 Å². The van der Waals surface area contributed by atoms with Crippen molar-refractivity contribution in [3.05, 3.63) is 0 Å². The molecule has 1 aliphatic rings. The molecule has 1 rings (SSSR count). The molecule has 1 saturated carbocycles. The molecule has 0 bridgehead atoms. The minimum atomic E-state index is -0.179. The molecule has 0 aliphatic heterocycles. The zero-order valence-electron chi connectivity index (χ0n) is 8.62. The first-order valence-electron chi connectivity index (χ1n) is 5.23. The molecule has 3 heteroatoms. The van der Waals surface area contributed by atoms with E-state index in [0.29, 0.717) is 5.25 Å². The van der Waals surface area contributed by atoms with Crippen molar-refractivity contribution in [1.82, 2.24) is 5.32 Å². The minimum absolute atomic E-state index is 0.179. The summed E-state index contributed by atoms with van der Waals surface area (Å²) >= 11 is 1.87. The maximum absolute atomic E-state index is 9.24. The fourth-order valence-electron chi connectivity index (χ4n) is 1.07. The van der Waals surface area contributed by atoms with Gasteiger partial charge in [0, 0.05) is 11.3 Å². The van der Waals surface area contributed by atoms with Gasteiger partial charge in [0.2, 0.25) is 0 Å². The molecular weight excluding hydrogens is 182 g/mol. The van der Waals surface area contributed by atoms with E-state index in [1.165, 1.54) is 19.3 Å². The molecule has 78 valence electrons. The number of aliphatic hydroxyl groups is 1. The summed E-state index contributed by atoms with van der Waals surface area (Å²) in [6, 6.07) is 0.833. The average molecular weight is 203 g/mol. The molecule has 0 aromatic carbocycles. The summed E-state index contributed by atoms with van der Waals surface area (Å²) in [4.78, 5) is 0. The van der Waals surface area contributed by atoms with Gasteiger partial charge in [-0.05, 0) is 38.5 Å². The summed E-state index contributed by atoms with van der Waals surface area (Å²) < 4.78 is 0. The van der Waals surface area contributed by atoms with Gasteiger partial charge in [-0.15, -0.1) is 0 Å². The first-order chi connectivity index (χ1) is 6.20. The SMILES string of the molecule is CC(O)C(C)SCCCNC1CC1. The second kappa shape index (κ2) is 5.89. The highest BCUT2D eigenvalue weighted by Crippen LogP contribution is 2.19. The molecule has 1 aliphatic carbocycles. The van der Waals surface area contributed by atoms with Gasteiger partial charge in [-0.3, -0.25) is 0 Å². The lowest BCUT2D eigenvalue weighted by Gasteiger charge is -2.13. The van der Waals surface area contributed by atoms with Crippen LogP contribution in [-0.2, 0) is 0 Å². The molecule has 1 fully saturated rings. The van der Waals surface area contributed by atoms with Crippen molar-refractivity contribution in [1.29, 1.82) is 0 Å². The van der Waals surface area contributed by atoms with Gasteiger partial charge in [0.25, 0.3) is 0 Å². The normalized spacial score (nSPS) is 21.5. The van der Waals surface area contributed by atoms with Crippen LogP contribution >= 0.6 is 11.8 Å². The van der Waals surface area contributed by atoms with Crippen LogP contribution in [0.25, 0.3) is 0 Å². The largest absolute Gasteiger partial charge is 0.392 e. The highest BCUT2D eigenvalue weighted by Gasteiger charge is 2.19. The first kappa shape index (κ1) is 11.3. The van der Waals surface area contributed by atoms with E-state index in [1.54, 1.807) is 0 Å². The lowest BCUT2D eigenvalue weighted by Crippen LogP contribution is -2.19. The maximum atomic E-state index is 9.24. The van der Waals surface area contributed by atoms with Crippen LogP contribution in [-0.4, -0.2) is 34.8 Å². The van der Waals surface area contributed by atoms with Gasteiger partial charge < -0.3 is 10.4 Å². The van der Waals surface area contributed by atoms with E-state index in [-0.39, 0.29) is 6.10 Å². The lowest BCUT2D eigenvalue weighted by molar-refractivity contribution is 0.196. The summed E-state index contributed by atoms with van der Waals surface area (Å²) in [5, 5.41) is 13.1. The Hall–Kier alpha value is 0.270. The molecule has 0 aromatic heterocycles. The molecule has 2 atom stereocenters. The second-order valence-corrected chi connectivity index (χ2v) is 5.38. The van der Waals surface area contributed by atoms with Gasteiger partial charge in [0.05, 0.1) is 6.10 Å². The van der Waals surface area contributed by atoms with Crippen LogP contribution in [0, 0.1) is 0 Å². The van der Waals surface area contributed by atoms with Crippen molar-refractivity contribution in [2.75, 3.05) is 12.3 Å². The van der Waals surface area contributed by atoms with Gasteiger partial charge in [-0.2, -0.15) is 11.8 Å². The van der Waals surface area contributed by atoms with E-state index < -0.39 is 0 Å². The molecule has 0 aromatic rings. The fourth-order valence-corrected chi connectivity index (χ4v) is 2.04. The first-order valence-corrected chi connectivity index (χ1v) is 6.28. The Morgan fingerprint density at radius 3 is 2.69 bits per heavy atom. The zero-order valence-corrected chi connectivity index (χ0v) is 9.44. The maximum Gasteiger partial charge on any atom is 0.0627 e. The van der Waals surface area contributed by atoms with Crippen LogP contribution in [0.4, 0.5) is 0 Å². The second-order valence-electron chi connectivity index (χ2n) is 3.90. The number of hydrogen-bond acceptors (Lipinski definition) is 3. The van der Waals surface area contributed by atoms with Gasteiger partial charge in [-0.25, -0.2) is 0 Å². The Bertz CT molecular complexity index is 137. The van der Waals surface area contributed by atoms with Gasteiger partial charge in [0.15, 0.2) is 0 Å². The summed E-state index contributed by atoms with van der Waals surface area (Å²) in [7, 11) is 0. The molecule has 2 unspecified atom stereocenters. The zero-order chi connectivity index (χ0) is 9.68. The number of rotatable bonds is 7. The predicted octanol–water partition coefficient (Wildman–Crippen LogP) is 1.63. The molecule has 2 N–H and O–H groups in total. The third-order valence-electron chi connectivity index (χ3n) is 2.39. The highest BCUT2D eigenvalue weighted by molar-refractivity contribution is 7.99. The molecule has 0 heterocycles. The summed E-state index contributed by atoms with van der Waals surface area (Å²) in [6.07, 6.45) is 3.79. The smallest absolute Gasteiger partial charge is 0.0627 e. The minimum Gasteiger partial charge on any atom is -0.392 e. The number of aliphatic hydroxyl groups excluding tert-OH is 1. The Kier molecular flexibility index (Phi) is 5.14. The van der Waals surface area contributed by atoms with Gasteiger partial charge in [-0.1, -0.05) is 6.92 Å². The third kappa shape index (κ3) is 5.55. The van der Waals surface area contributed by atoms with Crippen LogP contribution in [0.1, 0.15) is 33.1 Å². The average Bonchev–Trinajstić information content (AvgIpc) is 2.87. The molecule has 0 saturated heterocycles. The van der Waals surface area contributed by atoms with Crippen LogP contribution < -0.4 is 5.32 Å². The Labute approximate surface area is 85.5 Å². The Morgan fingerprint density at radius 1 is 1.46 bits per heavy atom. The van der Waals surface area contributed by atoms with Gasteiger partial charge >= 0.3 is 0 Å². The monoisotopic (exact) mass is 203 g/mol. The summed E-state index contributed by atoms with van der Waals surface area (Å²) in [5.74, 6) is 1.16. The molecule has 2 nitrogen and oxygen atoms in total. The number of nitrogens with one attached hydrogen (secondary N) is 1. The third-order valence-corrected chi connectivity index (χ3v) is 3.84. The highest BCUT2D eigenvalue weighted by atomic mass is 32.2. The van der Waals surface area contributed by atoms with Crippen molar-refractivity contribution in [3.8, 4) is 0 Å². The summed E-state index contributed by atoms with van der Waals surface area (Å²) in [5.41, 5.74) is 0. The van der Waals surface area contributed by atoms with E-state index >= 15 is 0 Å². The number of hydrogen-bond donors (Lipinski definition) is 2. The lowest BCUT2D eigenvalue weighted by atomic mass is 10.3. The Morgan fingerprint density at radius 2 is 2.15 bits per heavy atom. The van der Waals surface area contributed by atoms with Crippen molar-refractivity contribution in [2.45, 2.75) is 50.5 Å². The summed E-state index contributed by atoms with van der Waals surface area (Å²) in [6.45, 7) is 5.09. The van der Waals surface area contributed by atoms with Crippen molar-refractivity contribution < 1.29 is 5.11 Å². The molecule has 0 spiro atoms. The van der Waals surface area contributed by atoms with Crippen molar-refractivity contribution >= 4 is 11.8 Å². The number of thioether (sulfide) groups is 1. The predicted molar refractivity (Wildman–Crippen MR) is 59.2 cm³/mol. The molecule has 13 heavy (non-hydrogen) atoms. The molecule has 0 radical (unpaired) electrons. The van der Waals surface area contributed by atoms with Crippen LogP contribution in [0.2, 0.25) is 0 Å². The van der Waals surface area contributed by atoms with E-state index in [9.17, 15) is 5.11 Å². The van der Waals surface area contributed by atoms with E-state index in [2.05, 4.69) is 12.2 Å². The molecular formula is C10H21NOS. The standard InChI is InChI=1S/C10H21NOS/c1-8(12)9(2)13-7-3-6-11-10-4-5-10/h8-12H,3-7H2,1-2H3. The van der Waals surface area contributed by atoms with Crippen molar-refractivity contribution in [2.24, 2.45) is 0 Å². The van der Waals surface area contributed by atoms with Gasteiger partial charge in [0.1, 0.15) is 0 Å².